The fourth-order valence-corrected chi connectivity index (χ4v) is 3.73. The monoisotopic (exact) mass is 447 g/mol. The molecule has 2 amide bonds. The molecule has 1 aliphatic heterocycles. The van der Waals surface area contributed by atoms with Crippen LogP contribution in [0.15, 0.2) is 78.9 Å². The molecule has 168 valence electrons. The quantitative estimate of drug-likeness (QED) is 0.516. The number of para-hydroxylation sites is 1. The Hall–Kier alpha value is -4.00. The standard InChI is InChI=1S/C26H22FNO5/c1-25(2,3)33-24(31)28-21-12-8-7-11-20(21)26(23(28)30,18-13-15-19(27)16-14-18)32-22(29)17-9-5-4-6-10-17/h4-16H,1-3H3/t26-/m0/s1. The molecule has 3 aromatic carbocycles. The summed E-state index contributed by atoms with van der Waals surface area (Å²) in [7, 11) is 0. The highest BCUT2D eigenvalue weighted by atomic mass is 19.1. The van der Waals surface area contributed by atoms with Crippen molar-refractivity contribution < 1.29 is 28.2 Å². The Kier molecular flexibility index (Phi) is 5.49. The lowest BCUT2D eigenvalue weighted by Crippen LogP contribution is -2.48. The molecular formula is C26H22FNO5. The molecule has 4 rings (SSSR count). The molecule has 1 heterocycles. The fraction of sp³-hybridized carbons (Fsp3) is 0.192. The number of fused-ring (bicyclic) bond motifs is 1. The predicted octanol–water partition coefficient (Wildman–Crippen LogP) is 5.21. The van der Waals surface area contributed by atoms with Crippen LogP contribution in [0.25, 0.3) is 0 Å². The Morgan fingerprint density at radius 2 is 1.48 bits per heavy atom. The highest BCUT2D eigenvalue weighted by Crippen LogP contribution is 2.48. The average molecular weight is 447 g/mol. The first-order chi connectivity index (χ1) is 15.6. The molecule has 6 nitrogen and oxygen atoms in total. The van der Waals surface area contributed by atoms with Gasteiger partial charge in [0.15, 0.2) is 0 Å². The Balaban J connectivity index is 1.90. The number of nitrogens with zero attached hydrogens (tertiary/aromatic N) is 1. The van der Waals surface area contributed by atoms with Gasteiger partial charge in [0.2, 0.25) is 5.60 Å². The van der Waals surface area contributed by atoms with Gasteiger partial charge in [-0.15, -0.1) is 0 Å². The van der Waals surface area contributed by atoms with Crippen LogP contribution in [0.3, 0.4) is 0 Å². The van der Waals surface area contributed by atoms with Crippen LogP contribution < -0.4 is 4.90 Å². The first kappa shape index (κ1) is 22.2. The van der Waals surface area contributed by atoms with Crippen molar-refractivity contribution in [3.63, 3.8) is 0 Å². The van der Waals surface area contributed by atoms with Gasteiger partial charge in [-0.3, -0.25) is 4.79 Å². The van der Waals surface area contributed by atoms with Crippen LogP contribution in [0.4, 0.5) is 14.9 Å². The Morgan fingerprint density at radius 3 is 2.12 bits per heavy atom. The fourth-order valence-electron chi connectivity index (χ4n) is 3.73. The third-order valence-corrected chi connectivity index (χ3v) is 5.11. The zero-order chi connectivity index (χ0) is 23.8. The number of hydrogen-bond acceptors (Lipinski definition) is 5. The predicted molar refractivity (Wildman–Crippen MR) is 119 cm³/mol. The molecule has 7 heteroatoms. The number of benzene rings is 3. The molecule has 0 fully saturated rings. The lowest BCUT2D eigenvalue weighted by molar-refractivity contribution is -0.133. The SMILES string of the molecule is CC(C)(C)OC(=O)N1C(=O)[C@](OC(=O)c2ccccc2)(c2ccc(F)cc2)c2ccccc21. The topological polar surface area (TPSA) is 72.9 Å². The van der Waals surface area contributed by atoms with E-state index >= 15 is 0 Å². The second-order valence-corrected chi connectivity index (χ2v) is 8.58. The molecule has 0 bridgehead atoms. The van der Waals surface area contributed by atoms with Crippen LogP contribution in [-0.4, -0.2) is 23.6 Å². The zero-order valence-corrected chi connectivity index (χ0v) is 18.4. The summed E-state index contributed by atoms with van der Waals surface area (Å²) in [6.45, 7) is 5.04. The number of amides is 2. The van der Waals surface area contributed by atoms with E-state index in [0.29, 0.717) is 0 Å². The van der Waals surface area contributed by atoms with Gasteiger partial charge in [-0.05, 0) is 51.1 Å². The minimum atomic E-state index is -2.01. The summed E-state index contributed by atoms with van der Waals surface area (Å²) in [5.74, 6) is -2.12. The molecule has 1 atom stereocenters. The number of esters is 1. The van der Waals surface area contributed by atoms with Gasteiger partial charge in [0, 0.05) is 11.1 Å². The Labute approximate surface area is 190 Å². The number of anilines is 1. The minimum absolute atomic E-state index is 0.205. The van der Waals surface area contributed by atoms with Crippen LogP contribution in [0.1, 0.15) is 42.3 Å². The largest absolute Gasteiger partial charge is 0.443 e. The van der Waals surface area contributed by atoms with Gasteiger partial charge in [0.25, 0.3) is 5.91 Å². The van der Waals surface area contributed by atoms with Crippen molar-refractivity contribution in [2.45, 2.75) is 32.0 Å². The minimum Gasteiger partial charge on any atom is -0.443 e. The van der Waals surface area contributed by atoms with Crippen molar-refractivity contribution in [1.29, 1.82) is 0 Å². The molecule has 0 aliphatic carbocycles. The molecule has 0 unspecified atom stereocenters. The van der Waals surface area contributed by atoms with Crippen LogP contribution in [0, 0.1) is 5.82 Å². The zero-order valence-electron chi connectivity index (χ0n) is 18.4. The summed E-state index contributed by atoms with van der Waals surface area (Å²) < 4.78 is 25.1. The van der Waals surface area contributed by atoms with Gasteiger partial charge in [-0.2, -0.15) is 0 Å². The van der Waals surface area contributed by atoms with E-state index in [2.05, 4.69) is 0 Å². The third-order valence-electron chi connectivity index (χ3n) is 5.11. The summed E-state index contributed by atoms with van der Waals surface area (Å²) in [5.41, 5.74) is -1.95. The van der Waals surface area contributed by atoms with Gasteiger partial charge in [0.05, 0.1) is 11.3 Å². The molecule has 3 aromatic rings. The number of hydrogen-bond donors (Lipinski definition) is 0. The van der Waals surface area contributed by atoms with E-state index in [4.69, 9.17) is 9.47 Å². The molecule has 0 aromatic heterocycles. The lowest BCUT2D eigenvalue weighted by atomic mass is 9.87. The molecule has 1 aliphatic rings. The maximum absolute atomic E-state index is 13.9. The third kappa shape index (κ3) is 3.98. The number of rotatable bonds is 3. The smallest absolute Gasteiger partial charge is 0.421 e. The van der Waals surface area contributed by atoms with Gasteiger partial charge < -0.3 is 9.47 Å². The van der Waals surface area contributed by atoms with Gasteiger partial charge >= 0.3 is 12.1 Å². The molecule has 0 radical (unpaired) electrons. The van der Waals surface area contributed by atoms with Gasteiger partial charge in [0.1, 0.15) is 11.4 Å². The van der Waals surface area contributed by atoms with Crippen LogP contribution in [-0.2, 0) is 19.9 Å². The summed E-state index contributed by atoms with van der Waals surface area (Å²) in [6.07, 6.45) is -0.903. The van der Waals surface area contributed by atoms with Crippen molar-refractivity contribution in [3.05, 3.63) is 101 Å². The number of carbonyl (C=O) groups is 3. The van der Waals surface area contributed by atoms with Crippen molar-refractivity contribution in [1.82, 2.24) is 0 Å². The first-order valence-electron chi connectivity index (χ1n) is 10.3. The summed E-state index contributed by atoms with van der Waals surface area (Å²) in [5, 5.41) is 0. The van der Waals surface area contributed by atoms with E-state index in [-0.39, 0.29) is 22.4 Å². The first-order valence-corrected chi connectivity index (χ1v) is 10.3. The van der Waals surface area contributed by atoms with E-state index in [0.717, 1.165) is 4.90 Å². The number of imide groups is 1. The maximum Gasteiger partial charge on any atom is 0.421 e. The summed E-state index contributed by atoms with van der Waals surface area (Å²) in [4.78, 5) is 41.0. The highest BCUT2D eigenvalue weighted by Gasteiger charge is 2.58. The maximum atomic E-state index is 13.9. The van der Waals surface area contributed by atoms with Crippen molar-refractivity contribution in [2.75, 3.05) is 4.90 Å². The molecule has 0 saturated carbocycles. The van der Waals surface area contributed by atoms with Crippen LogP contribution >= 0.6 is 0 Å². The lowest BCUT2D eigenvalue weighted by Gasteiger charge is -2.29. The van der Waals surface area contributed by atoms with Crippen LogP contribution in [0.5, 0.6) is 0 Å². The van der Waals surface area contributed by atoms with Crippen molar-refractivity contribution in [3.8, 4) is 0 Å². The van der Waals surface area contributed by atoms with Gasteiger partial charge in [-0.1, -0.05) is 48.5 Å². The Bertz CT molecular complexity index is 1220. The summed E-state index contributed by atoms with van der Waals surface area (Å²) >= 11 is 0. The van der Waals surface area contributed by atoms with Gasteiger partial charge in [-0.25, -0.2) is 18.9 Å². The van der Waals surface area contributed by atoms with E-state index < -0.39 is 35.0 Å². The van der Waals surface area contributed by atoms with E-state index in [9.17, 15) is 18.8 Å². The number of halogens is 1. The second-order valence-electron chi connectivity index (χ2n) is 8.58. The molecule has 33 heavy (non-hydrogen) atoms. The number of carbonyl (C=O) groups excluding carboxylic acids is 3. The molecular weight excluding hydrogens is 425 g/mol. The van der Waals surface area contributed by atoms with Crippen LogP contribution in [0.2, 0.25) is 0 Å². The average Bonchev–Trinajstić information content (AvgIpc) is 3.02. The second kappa shape index (κ2) is 8.16. The van der Waals surface area contributed by atoms with E-state index in [1.165, 1.54) is 24.3 Å². The van der Waals surface area contributed by atoms with E-state index in [1.54, 1.807) is 75.4 Å². The van der Waals surface area contributed by atoms with Crippen molar-refractivity contribution in [2.24, 2.45) is 0 Å². The normalized spacial score (nSPS) is 17.5. The molecule has 0 spiro atoms. The summed E-state index contributed by atoms with van der Waals surface area (Å²) in [6, 6.07) is 19.7. The molecule has 0 saturated heterocycles. The van der Waals surface area contributed by atoms with E-state index in [1.807, 2.05) is 0 Å². The number of ether oxygens (including phenoxy) is 2. The highest BCUT2D eigenvalue weighted by molar-refractivity contribution is 6.22. The molecule has 0 N–H and O–H groups in total. The Morgan fingerprint density at radius 1 is 0.879 bits per heavy atom. The van der Waals surface area contributed by atoms with Crippen molar-refractivity contribution >= 4 is 23.7 Å².